The van der Waals surface area contributed by atoms with Crippen molar-refractivity contribution in [3.8, 4) is 5.75 Å². The summed E-state index contributed by atoms with van der Waals surface area (Å²) in [5.74, 6) is 1.28. The van der Waals surface area contributed by atoms with Crippen LogP contribution in [0.3, 0.4) is 0 Å². The first-order chi connectivity index (χ1) is 14.0. The van der Waals surface area contributed by atoms with Crippen molar-refractivity contribution in [3.63, 3.8) is 0 Å². The number of nitrogens with one attached hydrogen (secondary N) is 1. The van der Waals surface area contributed by atoms with Crippen molar-refractivity contribution >= 4 is 44.7 Å². The minimum absolute atomic E-state index is 0.129. The van der Waals surface area contributed by atoms with Crippen LogP contribution in [0.1, 0.15) is 11.8 Å². The summed E-state index contributed by atoms with van der Waals surface area (Å²) >= 11 is 3.16. The molecule has 1 N–H and O–H groups in total. The number of anilines is 1. The molecular weight excluding hydrogens is 432 g/mol. The van der Waals surface area contributed by atoms with Gasteiger partial charge in [-0.05, 0) is 36.6 Å². The lowest BCUT2D eigenvalue weighted by molar-refractivity contribution is -0.113. The van der Waals surface area contributed by atoms with Crippen molar-refractivity contribution in [1.82, 2.24) is 4.31 Å². The molecule has 1 aromatic carbocycles. The van der Waals surface area contributed by atoms with Gasteiger partial charge in [-0.3, -0.25) is 4.79 Å². The van der Waals surface area contributed by atoms with Crippen LogP contribution in [0.2, 0.25) is 0 Å². The molecule has 1 aliphatic rings. The summed E-state index contributed by atoms with van der Waals surface area (Å²) in [6.45, 7) is 3.63. The zero-order valence-electron chi connectivity index (χ0n) is 16.1. The Balaban J connectivity index is 1.71. The number of thiophene rings is 1. The monoisotopic (exact) mass is 456 g/mol. The topological polar surface area (TPSA) is 84.9 Å². The minimum atomic E-state index is -3.66. The second kappa shape index (κ2) is 10.4. The zero-order valence-corrected chi connectivity index (χ0v) is 18.6. The van der Waals surface area contributed by atoms with E-state index in [2.05, 4.69) is 5.32 Å². The highest BCUT2D eigenvalue weighted by atomic mass is 32.2. The molecule has 0 radical (unpaired) electrons. The summed E-state index contributed by atoms with van der Waals surface area (Å²) in [6, 6.07) is 8.58. The maximum atomic E-state index is 12.9. The minimum Gasteiger partial charge on any atom is -0.492 e. The van der Waals surface area contributed by atoms with Crippen molar-refractivity contribution in [1.29, 1.82) is 0 Å². The molecule has 0 atom stereocenters. The van der Waals surface area contributed by atoms with Crippen LogP contribution in [-0.4, -0.2) is 57.3 Å². The molecule has 1 fully saturated rings. The highest BCUT2D eigenvalue weighted by molar-refractivity contribution is 7.99. The van der Waals surface area contributed by atoms with Crippen LogP contribution in [-0.2, 0) is 25.3 Å². The molecule has 1 aliphatic heterocycles. The third-order valence-electron chi connectivity index (χ3n) is 4.19. The van der Waals surface area contributed by atoms with Gasteiger partial charge in [-0.2, -0.15) is 4.31 Å². The third kappa shape index (κ3) is 5.95. The Bertz CT molecular complexity index is 910. The van der Waals surface area contributed by atoms with Crippen LogP contribution in [0.15, 0.2) is 40.6 Å². The van der Waals surface area contributed by atoms with E-state index < -0.39 is 10.0 Å². The lowest BCUT2D eigenvalue weighted by Gasteiger charge is -2.26. The predicted molar refractivity (Wildman–Crippen MR) is 116 cm³/mol. The first kappa shape index (κ1) is 22.1. The number of nitrogens with zero attached hydrogens (tertiary/aromatic N) is 1. The Labute approximate surface area is 179 Å². The molecule has 29 heavy (non-hydrogen) atoms. The van der Waals surface area contributed by atoms with Crippen molar-refractivity contribution in [2.45, 2.75) is 17.6 Å². The molecule has 1 aromatic heterocycles. The molecule has 0 bridgehead atoms. The number of sulfonamides is 1. The predicted octanol–water partition coefficient (Wildman–Crippen LogP) is 3.04. The molecule has 0 unspecified atom stereocenters. The van der Waals surface area contributed by atoms with E-state index in [-0.39, 0.29) is 16.6 Å². The summed E-state index contributed by atoms with van der Waals surface area (Å²) in [6.07, 6.45) is 0. The number of amides is 1. The number of benzene rings is 1. The molecule has 2 heterocycles. The van der Waals surface area contributed by atoms with E-state index in [1.807, 2.05) is 24.4 Å². The fraction of sp³-hybridized carbons (Fsp3) is 0.421. The molecule has 2 aromatic rings. The SMILES string of the molecule is CCOc1ccc(S(=O)(=O)N2CCOCC2)cc1NC(=O)CSCc1cccs1. The van der Waals surface area contributed by atoms with Gasteiger partial charge in [0.25, 0.3) is 0 Å². The summed E-state index contributed by atoms with van der Waals surface area (Å²) in [4.78, 5) is 13.7. The van der Waals surface area contributed by atoms with Crippen LogP contribution in [0.4, 0.5) is 5.69 Å². The maximum absolute atomic E-state index is 12.9. The fourth-order valence-electron chi connectivity index (χ4n) is 2.81. The number of morpholine rings is 1. The molecule has 0 saturated carbocycles. The average molecular weight is 457 g/mol. The van der Waals surface area contributed by atoms with Crippen LogP contribution in [0.5, 0.6) is 5.75 Å². The van der Waals surface area contributed by atoms with Crippen LogP contribution in [0.25, 0.3) is 0 Å². The van der Waals surface area contributed by atoms with E-state index in [1.165, 1.54) is 33.1 Å². The van der Waals surface area contributed by atoms with Crippen molar-refractivity contribution in [3.05, 3.63) is 40.6 Å². The van der Waals surface area contributed by atoms with Gasteiger partial charge in [-0.25, -0.2) is 8.42 Å². The summed E-state index contributed by atoms with van der Waals surface area (Å²) < 4.78 is 38.0. The maximum Gasteiger partial charge on any atom is 0.243 e. The highest BCUT2D eigenvalue weighted by Gasteiger charge is 2.27. The summed E-state index contributed by atoms with van der Waals surface area (Å²) in [5, 5.41) is 4.81. The number of hydrogen-bond acceptors (Lipinski definition) is 7. The summed E-state index contributed by atoms with van der Waals surface area (Å²) in [5.41, 5.74) is 0.364. The Morgan fingerprint density at radius 3 is 2.79 bits per heavy atom. The van der Waals surface area contributed by atoms with Crippen LogP contribution in [0, 0.1) is 0 Å². The van der Waals surface area contributed by atoms with E-state index in [0.29, 0.717) is 44.3 Å². The number of thioether (sulfide) groups is 1. The van der Waals surface area contributed by atoms with Gasteiger partial charge in [0.1, 0.15) is 5.75 Å². The number of ether oxygens (including phenoxy) is 2. The standard InChI is InChI=1S/C19H24N2O5S3/c1-2-26-18-6-5-16(29(23,24)21-7-9-25-10-8-21)12-17(18)20-19(22)14-27-13-15-4-3-11-28-15/h3-6,11-12H,2,7-10,13-14H2,1H3,(H,20,22). The molecule has 3 rings (SSSR count). The van der Waals surface area contributed by atoms with Gasteiger partial charge in [0.15, 0.2) is 0 Å². The lowest BCUT2D eigenvalue weighted by Crippen LogP contribution is -2.40. The number of carbonyl (C=O) groups is 1. The van der Waals surface area contributed by atoms with Gasteiger partial charge in [-0.1, -0.05) is 6.07 Å². The fourth-order valence-corrected chi connectivity index (χ4v) is 5.91. The Hall–Kier alpha value is -1.59. The molecule has 1 saturated heterocycles. The Morgan fingerprint density at radius 1 is 1.31 bits per heavy atom. The molecule has 1 amide bonds. The van der Waals surface area contributed by atoms with Gasteiger partial charge in [0.2, 0.25) is 15.9 Å². The Kier molecular flexibility index (Phi) is 7.96. The quantitative estimate of drug-likeness (QED) is 0.624. The molecule has 0 spiro atoms. The zero-order chi connectivity index (χ0) is 20.7. The van der Waals surface area contributed by atoms with E-state index in [9.17, 15) is 13.2 Å². The van der Waals surface area contributed by atoms with Gasteiger partial charge in [-0.15, -0.1) is 23.1 Å². The number of rotatable bonds is 9. The van der Waals surface area contributed by atoms with E-state index in [1.54, 1.807) is 17.4 Å². The first-order valence-electron chi connectivity index (χ1n) is 9.25. The third-order valence-corrected chi connectivity index (χ3v) is 8.13. The van der Waals surface area contributed by atoms with Crippen LogP contribution < -0.4 is 10.1 Å². The number of hydrogen-bond donors (Lipinski definition) is 1. The van der Waals surface area contributed by atoms with Crippen molar-refractivity contribution < 1.29 is 22.7 Å². The lowest BCUT2D eigenvalue weighted by atomic mass is 10.3. The largest absolute Gasteiger partial charge is 0.492 e. The number of carbonyl (C=O) groups excluding carboxylic acids is 1. The average Bonchev–Trinajstić information content (AvgIpc) is 3.23. The highest BCUT2D eigenvalue weighted by Crippen LogP contribution is 2.30. The van der Waals surface area contributed by atoms with Gasteiger partial charge >= 0.3 is 0 Å². The van der Waals surface area contributed by atoms with Crippen LogP contribution >= 0.6 is 23.1 Å². The normalized spacial score (nSPS) is 15.2. The van der Waals surface area contributed by atoms with Gasteiger partial charge < -0.3 is 14.8 Å². The molecule has 0 aliphatic carbocycles. The van der Waals surface area contributed by atoms with Crippen molar-refractivity contribution in [2.24, 2.45) is 0 Å². The van der Waals surface area contributed by atoms with E-state index in [0.717, 1.165) is 5.75 Å². The van der Waals surface area contributed by atoms with E-state index >= 15 is 0 Å². The molecular formula is C19H24N2O5S3. The van der Waals surface area contributed by atoms with E-state index in [4.69, 9.17) is 9.47 Å². The van der Waals surface area contributed by atoms with Gasteiger partial charge in [0.05, 0.1) is 36.2 Å². The molecule has 158 valence electrons. The Morgan fingerprint density at radius 2 is 2.10 bits per heavy atom. The second-order valence-electron chi connectivity index (χ2n) is 6.23. The smallest absolute Gasteiger partial charge is 0.243 e. The summed E-state index contributed by atoms with van der Waals surface area (Å²) in [7, 11) is -3.66. The molecule has 7 nitrogen and oxygen atoms in total. The molecule has 10 heteroatoms. The second-order valence-corrected chi connectivity index (χ2v) is 10.2. The van der Waals surface area contributed by atoms with Gasteiger partial charge in [0, 0.05) is 23.7 Å². The first-order valence-corrected chi connectivity index (χ1v) is 12.7. The van der Waals surface area contributed by atoms with Crippen molar-refractivity contribution in [2.75, 3.05) is 44.0 Å².